The molecule has 3 N–H and O–H groups in total. The summed E-state index contributed by atoms with van der Waals surface area (Å²) in [6, 6.07) is 6.19. The fourth-order valence-electron chi connectivity index (χ4n) is 2.83. The minimum atomic E-state index is -3.64. The van der Waals surface area contributed by atoms with Crippen molar-refractivity contribution in [2.75, 3.05) is 18.4 Å². The Balaban J connectivity index is 1.73. The maximum absolute atomic E-state index is 11.4. The zero-order valence-corrected chi connectivity index (χ0v) is 12.5. The van der Waals surface area contributed by atoms with Crippen LogP contribution in [0.15, 0.2) is 23.1 Å². The molecule has 1 aromatic carbocycles. The second-order valence-corrected chi connectivity index (χ2v) is 7.44. The molecule has 110 valence electrons. The maximum atomic E-state index is 11.4. The van der Waals surface area contributed by atoms with Crippen molar-refractivity contribution in [2.45, 2.75) is 43.2 Å². The highest BCUT2D eigenvalue weighted by atomic mass is 32.2. The predicted octanol–water partition coefficient (Wildman–Crippen LogP) is 1.29. The largest absolute Gasteiger partial charge is 0.381 e. The molecule has 0 amide bonds. The van der Waals surface area contributed by atoms with Crippen LogP contribution in [0.5, 0.6) is 0 Å². The summed E-state index contributed by atoms with van der Waals surface area (Å²) in [7, 11) is -3.64. The van der Waals surface area contributed by atoms with Crippen molar-refractivity contribution in [2.24, 2.45) is 5.14 Å². The third kappa shape index (κ3) is 2.97. The average molecular weight is 295 g/mol. The molecule has 2 fully saturated rings. The summed E-state index contributed by atoms with van der Waals surface area (Å²) in [4.78, 5) is 2.69. The van der Waals surface area contributed by atoms with Gasteiger partial charge in [0.05, 0.1) is 4.90 Å². The number of likely N-dealkylation sites (tertiary alicyclic amines) is 1. The van der Waals surface area contributed by atoms with Gasteiger partial charge in [-0.25, -0.2) is 13.6 Å². The number of hydrogen-bond donors (Lipinski definition) is 2. The smallest absolute Gasteiger partial charge is 0.238 e. The van der Waals surface area contributed by atoms with E-state index >= 15 is 0 Å². The molecule has 0 spiro atoms. The van der Waals surface area contributed by atoms with Crippen molar-refractivity contribution < 1.29 is 8.42 Å². The maximum Gasteiger partial charge on any atom is 0.238 e. The number of nitrogens with two attached hydrogens (primary N) is 1. The first-order chi connectivity index (χ1) is 9.43. The fraction of sp³-hybridized carbons (Fsp3) is 0.571. The van der Waals surface area contributed by atoms with Gasteiger partial charge in [-0.15, -0.1) is 0 Å². The summed E-state index contributed by atoms with van der Waals surface area (Å²) >= 11 is 0. The summed E-state index contributed by atoms with van der Waals surface area (Å²) in [5.74, 6) is 0. The molecule has 0 bridgehead atoms. The number of primary sulfonamides is 1. The molecular weight excluding hydrogens is 274 g/mol. The minimum Gasteiger partial charge on any atom is -0.381 e. The molecule has 1 saturated heterocycles. The van der Waals surface area contributed by atoms with Crippen molar-refractivity contribution in [1.29, 1.82) is 0 Å². The lowest BCUT2D eigenvalue weighted by atomic mass is 10.1. The van der Waals surface area contributed by atoms with Gasteiger partial charge in [-0.3, -0.25) is 4.90 Å². The first-order valence-electron chi connectivity index (χ1n) is 7.07. The van der Waals surface area contributed by atoms with Gasteiger partial charge < -0.3 is 5.32 Å². The van der Waals surface area contributed by atoms with Gasteiger partial charge in [0.1, 0.15) is 0 Å². The number of hydrogen-bond acceptors (Lipinski definition) is 4. The summed E-state index contributed by atoms with van der Waals surface area (Å²) in [6.45, 7) is 4.16. The second kappa shape index (κ2) is 5.02. The molecule has 5 nitrogen and oxygen atoms in total. The van der Waals surface area contributed by atoms with Crippen LogP contribution in [0.1, 0.15) is 24.8 Å². The van der Waals surface area contributed by atoms with Crippen LogP contribution in [0.4, 0.5) is 5.69 Å². The summed E-state index contributed by atoms with van der Waals surface area (Å²) in [5.41, 5.74) is 1.92. The SMILES string of the molecule is Cc1ccc(S(N)(=O)=O)cc1NC1CCN(C2CC2)C1. The van der Waals surface area contributed by atoms with Crippen molar-refractivity contribution >= 4 is 15.7 Å². The number of nitrogens with zero attached hydrogens (tertiary/aromatic N) is 1. The van der Waals surface area contributed by atoms with Gasteiger partial charge in [0.15, 0.2) is 0 Å². The van der Waals surface area contributed by atoms with Crippen LogP contribution in [0.25, 0.3) is 0 Å². The van der Waals surface area contributed by atoms with Crippen LogP contribution in [0.3, 0.4) is 0 Å². The van der Waals surface area contributed by atoms with Crippen LogP contribution in [-0.4, -0.2) is 38.5 Å². The first kappa shape index (κ1) is 13.9. The third-order valence-electron chi connectivity index (χ3n) is 4.18. The Morgan fingerprint density at radius 2 is 2.05 bits per heavy atom. The summed E-state index contributed by atoms with van der Waals surface area (Å²) in [6.07, 6.45) is 3.76. The monoisotopic (exact) mass is 295 g/mol. The van der Waals surface area contributed by atoms with Gasteiger partial charge in [-0.1, -0.05) is 6.07 Å². The van der Waals surface area contributed by atoms with E-state index in [1.165, 1.54) is 12.8 Å². The Morgan fingerprint density at radius 1 is 1.30 bits per heavy atom. The predicted molar refractivity (Wildman–Crippen MR) is 79.2 cm³/mol. The molecule has 0 aromatic heterocycles. The van der Waals surface area contributed by atoms with Crippen LogP contribution < -0.4 is 10.5 Å². The van der Waals surface area contributed by atoms with E-state index in [-0.39, 0.29) is 4.90 Å². The van der Waals surface area contributed by atoms with Gasteiger partial charge in [0, 0.05) is 30.9 Å². The van der Waals surface area contributed by atoms with Gasteiger partial charge in [0.2, 0.25) is 10.0 Å². The molecule has 1 aliphatic carbocycles. The zero-order chi connectivity index (χ0) is 14.3. The summed E-state index contributed by atoms with van der Waals surface area (Å²) < 4.78 is 22.9. The normalized spacial score (nSPS) is 24.0. The van der Waals surface area contributed by atoms with E-state index in [4.69, 9.17) is 5.14 Å². The third-order valence-corrected chi connectivity index (χ3v) is 5.09. The van der Waals surface area contributed by atoms with Crippen molar-refractivity contribution in [3.8, 4) is 0 Å². The molecular formula is C14H21N3O2S. The van der Waals surface area contributed by atoms with Crippen LogP contribution in [0.2, 0.25) is 0 Å². The van der Waals surface area contributed by atoms with E-state index in [1.54, 1.807) is 18.2 Å². The van der Waals surface area contributed by atoms with Gasteiger partial charge in [-0.05, 0) is 43.9 Å². The standard InChI is InChI=1S/C14H21N3O2S/c1-10-2-5-13(20(15,18)19)8-14(10)16-11-6-7-17(9-11)12-3-4-12/h2,5,8,11-12,16H,3-4,6-7,9H2,1H3,(H2,15,18,19). The van der Waals surface area contributed by atoms with Crippen LogP contribution >= 0.6 is 0 Å². The van der Waals surface area contributed by atoms with E-state index in [9.17, 15) is 8.42 Å². The Morgan fingerprint density at radius 3 is 2.70 bits per heavy atom. The molecule has 1 heterocycles. The Labute approximate surface area is 120 Å². The lowest BCUT2D eigenvalue weighted by Gasteiger charge is -2.18. The number of benzene rings is 1. The average Bonchev–Trinajstić information content (AvgIpc) is 3.12. The second-order valence-electron chi connectivity index (χ2n) is 5.88. The topological polar surface area (TPSA) is 75.4 Å². The Bertz CT molecular complexity index is 611. The minimum absolute atomic E-state index is 0.169. The lowest BCUT2D eigenvalue weighted by molar-refractivity contribution is 0.326. The van der Waals surface area contributed by atoms with E-state index in [1.807, 2.05) is 6.92 Å². The van der Waals surface area contributed by atoms with E-state index in [2.05, 4.69) is 10.2 Å². The zero-order valence-electron chi connectivity index (χ0n) is 11.7. The van der Waals surface area contributed by atoms with E-state index < -0.39 is 10.0 Å². The number of rotatable bonds is 4. The Hall–Kier alpha value is -1.11. The van der Waals surface area contributed by atoms with E-state index in [0.29, 0.717) is 6.04 Å². The quantitative estimate of drug-likeness (QED) is 0.877. The summed E-state index contributed by atoms with van der Waals surface area (Å²) in [5, 5.41) is 8.66. The molecule has 0 radical (unpaired) electrons. The van der Waals surface area contributed by atoms with Gasteiger partial charge in [0.25, 0.3) is 0 Å². The van der Waals surface area contributed by atoms with Crippen molar-refractivity contribution in [3.05, 3.63) is 23.8 Å². The highest BCUT2D eigenvalue weighted by molar-refractivity contribution is 7.89. The Kier molecular flexibility index (Phi) is 3.48. The molecule has 3 rings (SSSR count). The number of aryl methyl sites for hydroxylation is 1. The number of anilines is 1. The first-order valence-corrected chi connectivity index (χ1v) is 8.62. The molecule has 1 unspecified atom stereocenters. The molecule has 1 aromatic rings. The number of sulfonamides is 1. The van der Waals surface area contributed by atoms with Crippen molar-refractivity contribution in [1.82, 2.24) is 4.90 Å². The molecule has 1 aliphatic heterocycles. The highest BCUT2D eigenvalue weighted by Gasteiger charge is 2.34. The molecule has 6 heteroatoms. The fourth-order valence-corrected chi connectivity index (χ4v) is 3.37. The molecule has 2 aliphatic rings. The number of nitrogens with one attached hydrogen (secondary N) is 1. The van der Waals surface area contributed by atoms with Crippen LogP contribution in [-0.2, 0) is 10.0 Å². The van der Waals surface area contributed by atoms with Crippen molar-refractivity contribution in [3.63, 3.8) is 0 Å². The van der Waals surface area contributed by atoms with E-state index in [0.717, 1.165) is 36.8 Å². The van der Waals surface area contributed by atoms with Gasteiger partial charge in [-0.2, -0.15) is 0 Å². The molecule has 1 atom stereocenters. The van der Waals surface area contributed by atoms with Crippen LogP contribution in [0, 0.1) is 6.92 Å². The highest BCUT2D eigenvalue weighted by Crippen LogP contribution is 2.31. The van der Waals surface area contributed by atoms with Gasteiger partial charge >= 0.3 is 0 Å². The molecule has 1 saturated carbocycles. The molecule has 20 heavy (non-hydrogen) atoms. The lowest BCUT2D eigenvalue weighted by Crippen LogP contribution is -2.28.